The number of benzene rings is 1. The van der Waals surface area contributed by atoms with Crippen LogP contribution in [-0.4, -0.2) is 72.3 Å². The van der Waals surface area contributed by atoms with Crippen LogP contribution < -0.4 is 5.73 Å². The van der Waals surface area contributed by atoms with E-state index in [0.717, 1.165) is 18.7 Å². The summed E-state index contributed by atoms with van der Waals surface area (Å²) in [6.45, 7) is 10.2. The molecule has 0 aliphatic carbocycles. The summed E-state index contributed by atoms with van der Waals surface area (Å²) in [6.07, 6.45) is 0. The fraction of sp³-hybridized carbons (Fsp3) is 0.579. The van der Waals surface area contributed by atoms with Crippen LogP contribution in [0.25, 0.3) is 0 Å². The lowest BCUT2D eigenvalue weighted by Crippen LogP contribution is -2.57. The molecule has 1 aromatic rings. The summed E-state index contributed by atoms with van der Waals surface area (Å²) in [5.74, 6) is 0.0890. The number of nitrogens with zero attached hydrogens (tertiary/aromatic N) is 3. The molecule has 0 bridgehead atoms. The molecule has 1 heterocycles. The summed E-state index contributed by atoms with van der Waals surface area (Å²) in [4.78, 5) is 30.8. The van der Waals surface area contributed by atoms with Crippen LogP contribution in [0.2, 0.25) is 0 Å². The molecule has 1 atom stereocenters. The van der Waals surface area contributed by atoms with Gasteiger partial charge in [0.15, 0.2) is 0 Å². The third-order valence-electron chi connectivity index (χ3n) is 4.95. The van der Waals surface area contributed by atoms with Crippen LogP contribution >= 0.6 is 0 Å². The normalized spacial score (nSPS) is 17.8. The number of hydrogen-bond acceptors (Lipinski definition) is 4. The van der Waals surface area contributed by atoms with E-state index >= 15 is 0 Å². The summed E-state index contributed by atoms with van der Waals surface area (Å²) >= 11 is 0. The van der Waals surface area contributed by atoms with E-state index in [1.807, 2.05) is 54.0 Å². The lowest BCUT2D eigenvalue weighted by atomic mass is 9.91. The third-order valence-corrected chi connectivity index (χ3v) is 4.95. The van der Waals surface area contributed by atoms with Crippen molar-refractivity contribution in [1.29, 1.82) is 0 Å². The van der Waals surface area contributed by atoms with Gasteiger partial charge in [-0.2, -0.15) is 0 Å². The molecule has 2 rings (SSSR count). The quantitative estimate of drug-likeness (QED) is 0.830. The van der Waals surface area contributed by atoms with Gasteiger partial charge in [0.2, 0.25) is 11.8 Å². The lowest BCUT2D eigenvalue weighted by Gasteiger charge is -2.38. The summed E-state index contributed by atoms with van der Waals surface area (Å²) in [7, 11) is 0. The van der Waals surface area contributed by atoms with Gasteiger partial charge in [-0.15, -0.1) is 0 Å². The predicted octanol–water partition coefficient (Wildman–Crippen LogP) is 0.873. The van der Waals surface area contributed by atoms with Crippen LogP contribution in [-0.2, 0) is 15.1 Å². The van der Waals surface area contributed by atoms with Crippen LogP contribution in [0, 0.1) is 0 Å². The number of piperazine rings is 1. The first-order valence-corrected chi connectivity index (χ1v) is 9.04. The predicted molar refractivity (Wildman–Crippen MR) is 98.9 cm³/mol. The van der Waals surface area contributed by atoms with Crippen molar-refractivity contribution >= 4 is 11.8 Å². The van der Waals surface area contributed by atoms with Crippen molar-refractivity contribution in [2.45, 2.75) is 26.3 Å². The van der Waals surface area contributed by atoms with Gasteiger partial charge in [-0.1, -0.05) is 30.3 Å². The fourth-order valence-corrected chi connectivity index (χ4v) is 3.21. The molecule has 2 amide bonds. The smallest absolute Gasteiger partial charge is 0.247 e. The Bertz CT molecular complexity index is 576. The van der Waals surface area contributed by atoms with Crippen molar-refractivity contribution in [2.24, 2.45) is 5.73 Å². The molecule has 1 saturated heterocycles. The third kappa shape index (κ3) is 4.58. The van der Waals surface area contributed by atoms with Crippen LogP contribution in [0.4, 0.5) is 0 Å². The first-order chi connectivity index (χ1) is 11.9. The second kappa shape index (κ2) is 8.45. The molecule has 1 unspecified atom stereocenters. The molecule has 0 aromatic heterocycles. The molecule has 1 fully saturated rings. The average molecular weight is 346 g/mol. The molecule has 0 saturated carbocycles. The van der Waals surface area contributed by atoms with E-state index in [1.165, 1.54) is 0 Å². The molecule has 2 N–H and O–H groups in total. The van der Waals surface area contributed by atoms with Gasteiger partial charge < -0.3 is 15.5 Å². The van der Waals surface area contributed by atoms with Crippen LogP contribution in [0.3, 0.4) is 0 Å². The van der Waals surface area contributed by atoms with E-state index in [9.17, 15) is 9.59 Å². The van der Waals surface area contributed by atoms with Crippen molar-refractivity contribution in [3.63, 3.8) is 0 Å². The van der Waals surface area contributed by atoms with Gasteiger partial charge in [-0.25, -0.2) is 0 Å². The molecule has 138 valence electrons. The summed E-state index contributed by atoms with van der Waals surface area (Å²) in [6, 6.07) is 9.47. The Hall–Kier alpha value is -1.92. The molecule has 1 aromatic carbocycles. The minimum atomic E-state index is -1.03. The highest BCUT2D eigenvalue weighted by Crippen LogP contribution is 2.21. The van der Waals surface area contributed by atoms with Gasteiger partial charge >= 0.3 is 0 Å². The summed E-state index contributed by atoms with van der Waals surface area (Å²) in [5, 5.41) is 0. The second-order valence-corrected chi connectivity index (χ2v) is 6.70. The first kappa shape index (κ1) is 19.4. The zero-order chi connectivity index (χ0) is 18.4. The Morgan fingerprint density at radius 1 is 1.08 bits per heavy atom. The van der Waals surface area contributed by atoms with Crippen molar-refractivity contribution in [2.75, 3.05) is 45.8 Å². The summed E-state index contributed by atoms with van der Waals surface area (Å²) in [5.41, 5.74) is 6.13. The monoisotopic (exact) mass is 346 g/mol. The average Bonchev–Trinajstić information content (AvgIpc) is 2.63. The number of hydrogen-bond donors (Lipinski definition) is 1. The Balaban J connectivity index is 1.91. The molecule has 0 radical (unpaired) electrons. The zero-order valence-corrected chi connectivity index (χ0v) is 15.6. The van der Waals surface area contributed by atoms with Gasteiger partial charge in [0.05, 0.1) is 6.54 Å². The van der Waals surface area contributed by atoms with Crippen molar-refractivity contribution < 1.29 is 9.59 Å². The number of nitrogens with two attached hydrogens (primary N) is 1. The maximum Gasteiger partial charge on any atom is 0.247 e. The Morgan fingerprint density at radius 3 is 2.16 bits per heavy atom. The Labute approximate surface area is 150 Å². The van der Waals surface area contributed by atoms with Gasteiger partial charge in [-0.3, -0.25) is 14.5 Å². The number of carbonyl (C=O) groups excluding carboxylic acids is 2. The highest BCUT2D eigenvalue weighted by atomic mass is 16.2. The van der Waals surface area contributed by atoms with Crippen LogP contribution in [0.1, 0.15) is 26.3 Å². The van der Waals surface area contributed by atoms with E-state index < -0.39 is 5.54 Å². The number of amides is 2. The lowest BCUT2D eigenvalue weighted by molar-refractivity contribution is -0.139. The van der Waals surface area contributed by atoms with Crippen molar-refractivity contribution in [3.05, 3.63) is 35.9 Å². The fourth-order valence-electron chi connectivity index (χ4n) is 3.21. The van der Waals surface area contributed by atoms with E-state index in [2.05, 4.69) is 4.90 Å². The Morgan fingerprint density at radius 2 is 1.64 bits per heavy atom. The SMILES string of the molecule is CCN(CC)C(=O)CN1CCN(C(=O)C(C)(N)c2ccccc2)CC1. The van der Waals surface area contributed by atoms with E-state index in [4.69, 9.17) is 5.73 Å². The zero-order valence-electron chi connectivity index (χ0n) is 15.6. The minimum Gasteiger partial charge on any atom is -0.342 e. The largest absolute Gasteiger partial charge is 0.342 e. The molecule has 1 aliphatic rings. The molecule has 6 nitrogen and oxygen atoms in total. The van der Waals surface area contributed by atoms with Crippen LogP contribution in [0.15, 0.2) is 30.3 Å². The molecule has 25 heavy (non-hydrogen) atoms. The number of likely N-dealkylation sites (N-methyl/N-ethyl adjacent to an activating group) is 1. The van der Waals surface area contributed by atoms with E-state index in [-0.39, 0.29) is 11.8 Å². The van der Waals surface area contributed by atoms with Crippen molar-refractivity contribution in [1.82, 2.24) is 14.7 Å². The molecule has 6 heteroatoms. The van der Waals surface area contributed by atoms with E-state index in [1.54, 1.807) is 6.92 Å². The standard InChI is InChI=1S/C19H30N4O2/c1-4-22(5-2)17(24)15-21-11-13-23(14-12-21)18(25)19(3,20)16-9-7-6-8-10-16/h6-10H,4-5,11-15,20H2,1-3H3. The topological polar surface area (TPSA) is 69.9 Å². The second-order valence-electron chi connectivity index (χ2n) is 6.70. The molecular weight excluding hydrogens is 316 g/mol. The summed E-state index contributed by atoms with van der Waals surface area (Å²) < 4.78 is 0. The first-order valence-electron chi connectivity index (χ1n) is 9.04. The maximum atomic E-state index is 12.9. The molecular formula is C19H30N4O2. The van der Waals surface area contributed by atoms with Gasteiger partial charge in [0.1, 0.15) is 5.54 Å². The van der Waals surface area contributed by atoms with E-state index in [0.29, 0.717) is 32.7 Å². The van der Waals surface area contributed by atoms with Gasteiger partial charge in [0, 0.05) is 39.3 Å². The van der Waals surface area contributed by atoms with Crippen molar-refractivity contribution in [3.8, 4) is 0 Å². The highest BCUT2D eigenvalue weighted by Gasteiger charge is 2.35. The molecule has 1 aliphatic heterocycles. The van der Waals surface area contributed by atoms with Gasteiger partial charge in [-0.05, 0) is 26.3 Å². The van der Waals surface area contributed by atoms with Crippen LogP contribution in [0.5, 0.6) is 0 Å². The maximum absolute atomic E-state index is 12.9. The number of carbonyl (C=O) groups is 2. The number of rotatable bonds is 6. The van der Waals surface area contributed by atoms with Gasteiger partial charge in [0.25, 0.3) is 0 Å². The minimum absolute atomic E-state index is 0.0616. The highest BCUT2D eigenvalue weighted by molar-refractivity contribution is 5.87. The Kier molecular flexibility index (Phi) is 6.56. The molecule has 0 spiro atoms.